The van der Waals surface area contributed by atoms with Crippen molar-refractivity contribution in [2.75, 3.05) is 5.32 Å². The molecule has 0 amide bonds. The number of rotatable bonds is 4. The number of hydrogen-bond acceptors (Lipinski definition) is 5. The van der Waals surface area contributed by atoms with Gasteiger partial charge in [0.2, 0.25) is 0 Å². The van der Waals surface area contributed by atoms with Gasteiger partial charge in [-0.1, -0.05) is 11.6 Å². The van der Waals surface area contributed by atoms with Crippen LogP contribution in [0.4, 0.5) is 5.69 Å². The second-order valence-electron chi connectivity index (χ2n) is 3.90. The maximum atomic E-state index is 6.18. The molecule has 7 heteroatoms. The van der Waals surface area contributed by atoms with Crippen molar-refractivity contribution in [3.05, 3.63) is 51.9 Å². The van der Waals surface area contributed by atoms with Gasteiger partial charge in [-0.2, -0.15) is 11.3 Å². The molecule has 5 nitrogen and oxygen atoms in total. The van der Waals surface area contributed by atoms with Crippen LogP contribution in [-0.2, 0) is 6.54 Å². The predicted molar refractivity (Wildman–Crippen MR) is 75.8 cm³/mol. The fraction of sp³-hybridized carbons (Fsp3) is 0.0833. The molecule has 0 bridgehead atoms. The lowest BCUT2D eigenvalue weighted by Gasteiger charge is -2.09. The van der Waals surface area contributed by atoms with Crippen molar-refractivity contribution in [3.63, 3.8) is 0 Å². The van der Waals surface area contributed by atoms with Gasteiger partial charge in [0.25, 0.3) is 0 Å². The highest BCUT2D eigenvalue weighted by Gasteiger charge is 2.04. The Hall–Kier alpha value is -1.92. The summed E-state index contributed by atoms with van der Waals surface area (Å²) < 4.78 is 1.59. The zero-order valence-electron chi connectivity index (χ0n) is 9.82. The first-order valence-electron chi connectivity index (χ1n) is 5.61. The third-order valence-corrected chi connectivity index (χ3v) is 3.69. The molecule has 0 aliphatic carbocycles. The average Bonchev–Trinajstić information content (AvgIpc) is 3.11. The third-order valence-electron chi connectivity index (χ3n) is 2.63. The number of hydrogen-bond donors (Lipinski definition) is 1. The number of anilines is 1. The Bertz CT molecular complexity index is 651. The van der Waals surface area contributed by atoms with Crippen molar-refractivity contribution in [2.24, 2.45) is 0 Å². The van der Waals surface area contributed by atoms with Crippen LogP contribution < -0.4 is 5.32 Å². The average molecular weight is 292 g/mol. The molecule has 0 unspecified atom stereocenters. The van der Waals surface area contributed by atoms with Crippen molar-refractivity contribution in [1.82, 2.24) is 20.2 Å². The van der Waals surface area contributed by atoms with E-state index in [2.05, 4.69) is 37.7 Å². The van der Waals surface area contributed by atoms with Crippen LogP contribution in [0, 0.1) is 0 Å². The van der Waals surface area contributed by atoms with E-state index in [9.17, 15) is 0 Å². The summed E-state index contributed by atoms with van der Waals surface area (Å²) >= 11 is 7.85. The highest BCUT2D eigenvalue weighted by Crippen LogP contribution is 2.25. The molecule has 2 heterocycles. The largest absolute Gasteiger partial charge is 0.380 e. The summed E-state index contributed by atoms with van der Waals surface area (Å²) in [5.41, 5.74) is 2.96. The lowest BCUT2D eigenvalue weighted by molar-refractivity contribution is 0.789. The van der Waals surface area contributed by atoms with Crippen LogP contribution in [0.25, 0.3) is 5.69 Å². The highest BCUT2D eigenvalue weighted by molar-refractivity contribution is 7.07. The number of nitrogens with zero attached hydrogens (tertiary/aromatic N) is 4. The van der Waals surface area contributed by atoms with E-state index in [1.54, 1.807) is 22.3 Å². The second-order valence-corrected chi connectivity index (χ2v) is 5.09. The maximum Gasteiger partial charge on any atom is 0.143 e. The Morgan fingerprint density at radius 1 is 1.32 bits per heavy atom. The molecular formula is C12H10ClN5S. The molecular weight excluding hydrogens is 282 g/mol. The topological polar surface area (TPSA) is 55.6 Å². The van der Waals surface area contributed by atoms with E-state index in [0.29, 0.717) is 5.02 Å². The molecule has 0 spiro atoms. The Labute approximate surface area is 118 Å². The summed E-state index contributed by atoms with van der Waals surface area (Å²) in [7, 11) is 0. The lowest BCUT2D eigenvalue weighted by Crippen LogP contribution is -2.01. The molecule has 1 N–H and O–H groups in total. The Kier molecular flexibility index (Phi) is 3.43. The van der Waals surface area contributed by atoms with Gasteiger partial charge >= 0.3 is 0 Å². The van der Waals surface area contributed by atoms with Crippen molar-refractivity contribution in [2.45, 2.75) is 6.54 Å². The van der Waals surface area contributed by atoms with Crippen molar-refractivity contribution < 1.29 is 0 Å². The molecule has 0 aliphatic rings. The molecule has 0 atom stereocenters. The normalized spacial score (nSPS) is 10.6. The van der Waals surface area contributed by atoms with Gasteiger partial charge < -0.3 is 5.32 Å². The van der Waals surface area contributed by atoms with E-state index in [-0.39, 0.29) is 0 Å². The molecule has 19 heavy (non-hydrogen) atoms. The highest BCUT2D eigenvalue weighted by atomic mass is 35.5. The summed E-state index contributed by atoms with van der Waals surface area (Å²) in [5.74, 6) is 0. The summed E-state index contributed by atoms with van der Waals surface area (Å²) in [6.07, 6.45) is 1.55. The Balaban J connectivity index is 1.82. The minimum atomic E-state index is 0.673. The van der Waals surface area contributed by atoms with E-state index in [1.807, 2.05) is 18.2 Å². The smallest absolute Gasteiger partial charge is 0.143 e. The number of halogens is 1. The van der Waals surface area contributed by atoms with E-state index in [4.69, 9.17) is 11.6 Å². The SMILES string of the molecule is Clc1ccc(-n2cnnn2)cc1NCc1ccsc1. The van der Waals surface area contributed by atoms with Crippen molar-refractivity contribution in [1.29, 1.82) is 0 Å². The van der Waals surface area contributed by atoms with Crippen LogP contribution in [0.15, 0.2) is 41.4 Å². The second kappa shape index (κ2) is 5.38. The van der Waals surface area contributed by atoms with Crippen LogP contribution in [0.2, 0.25) is 5.02 Å². The van der Waals surface area contributed by atoms with Crippen molar-refractivity contribution >= 4 is 28.6 Å². The van der Waals surface area contributed by atoms with Crippen LogP contribution in [0.5, 0.6) is 0 Å². The Morgan fingerprint density at radius 2 is 2.26 bits per heavy atom. The molecule has 2 aromatic heterocycles. The summed E-state index contributed by atoms with van der Waals surface area (Å²) in [6.45, 7) is 0.738. The van der Waals surface area contributed by atoms with Crippen LogP contribution in [0.3, 0.4) is 0 Å². The number of thiophene rings is 1. The lowest BCUT2D eigenvalue weighted by atomic mass is 10.2. The third kappa shape index (κ3) is 2.74. The molecule has 0 aliphatic heterocycles. The molecule has 0 fully saturated rings. The molecule has 96 valence electrons. The monoisotopic (exact) mass is 291 g/mol. The summed E-state index contributed by atoms with van der Waals surface area (Å²) in [4.78, 5) is 0. The standard InChI is InChI=1S/C12H10ClN5S/c13-11-2-1-10(18-8-15-16-17-18)5-12(11)14-6-9-3-4-19-7-9/h1-5,7-8,14H,6H2. The Morgan fingerprint density at radius 3 is 3.00 bits per heavy atom. The van der Waals surface area contributed by atoms with E-state index in [1.165, 1.54) is 5.56 Å². The maximum absolute atomic E-state index is 6.18. The van der Waals surface area contributed by atoms with Gasteiger partial charge in [-0.05, 0) is 51.0 Å². The first kappa shape index (κ1) is 12.1. The minimum Gasteiger partial charge on any atom is -0.380 e. The van der Waals surface area contributed by atoms with Gasteiger partial charge in [-0.25, -0.2) is 4.68 Å². The number of tetrazole rings is 1. The number of benzene rings is 1. The molecule has 0 radical (unpaired) electrons. The zero-order chi connectivity index (χ0) is 13.1. The minimum absolute atomic E-state index is 0.673. The van der Waals surface area contributed by atoms with Gasteiger partial charge in [0.05, 0.1) is 16.4 Å². The fourth-order valence-electron chi connectivity index (χ4n) is 1.66. The fourth-order valence-corrected chi connectivity index (χ4v) is 2.51. The van der Waals surface area contributed by atoms with E-state index < -0.39 is 0 Å². The number of nitrogens with one attached hydrogen (secondary N) is 1. The molecule has 1 aromatic carbocycles. The molecule has 3 rings (SSSR count). The van der Waals surface area contributed by atoms with Gasteiger partial charge in [0.15, 0.2) is 0 Å². The summed E-state index contributed by atoms with van der Waals surface area (Å²) in [6, 6.07) is 7.70. The zero-order valence-corrected chi connectivity index (χ0v) is 11.4. The van der Waals surface area contributed by atoms with Gasteiger partial charge in [-0.3, -0.25) is 0 Å². The first-order valence-corrected chi connectivity index (χ1v) is 6.93. The van der Waals surface area contributed by atoms with Crippen molar-refractivity contribution in [3.8, 4) is 5.69 Å². The first-order chi connectivity index (χ1) is 9.33. The molecule has 0 saturated carbocycles. The molecule has 0 saturated heterocycles. The summed E-state index contributed by atoms with van der Waals surface area (Å²) in [5, 5.41) is 19.2. The number of aromatic nitrogens is 4. The van der Waals surface area contributed by atoms with Crippen LogP contribution in [0.1, 0.15) is 5.56 Å². The van der Waals surface area contributed by atoms with Gasteiger partial charge in [-0.15, -0.1) is 5.10 Å². The van der Waals surface area contributed by atoms with Gasteiger partial charge in [0.1, 0.15) is 6.33 Å². The van der Waals surface area contributed by atoms with E-state index in [0.717, 1.165) is 17.9 Å². The quantitative estimate of drug-likeness (QED) is 0.803. The van der Waals surface area contributed by atoms with Crippen LogP contribution in [-0.4, -0.2) is 20.2 Å². The van der Waals surface area contributed by atoms with Crippen LogP contribution >= 0.6 is 22.9 Å². The van der Waals surface area contributed by atoms with Gasteiger partial charge in [0, 0.05) is 6.54 Å². The van der Waals surface area contributed by atoms with E-state index >= 15 is 0 Å². The molecule has 3 aromatic rings. The predicted octanol–water partition coefficient (Wildman–Crippen LogP) is 2.99.